The van der Waals surface area contributed by atoms with Crippen molar-refractivity contribution in [1.82, 2.24) is 20.5 Å². The maximum absolute atomic E-state index is 11.6. The van der Waals surface area contributed by atoms with Gasteiger partial charge < -0.3 is 10.6 Å². The molecule has 0 saturated heterocycles. The Labute approximate surface area is 125 Å². The lowest BCUT2D eigenvalue weighted by Gasteiger charge is -2.08. The van der Waals surface area contributed by atoms with Crippen molar-refractivity contribution in [3.8, 4) is 0 Å². The largest absolute Gasteiger partial charge is 0.338 e. The maximum atomic E-state index is 11.6. The van der Waals surface area contributed by atoms with Crippen LogP contribution in [0.1, 0.15) is 12.2 Å². The first kappa shape index (κ1) is 14.6. The smallest absolute Gasteiger partial charge is 0.319 e. The Hall–Kier alpha value is -1.79. The normalized spacial score (nSPS) is 10.3. The maximum Gasteiger partial charge on any atom is 0.319 e. The molecule has 2 amide bonds. The fourth-order valence-electron chi connectivity index (χ4n) is 1.56. The highest BCUT2D eigenvalue weighted by Gasteiger charge is 2.04. The molecule has 0 spiro atoms. The van der Waals surface area contributed by atoms with Gasteiger partial charge in [-0.3, -0.25) is 5.10 Å². The number of halogens is 2. The molecule has 3 N–H and O–H groups in total. The number of aryl methyl sites for hydroxylation is 1. The van der Waals surface area contributed by atoms with Crippen molar-refractivity contribution in [1.29, 1.82) is 0 Å². The van der Waals surface area contributed by atoms with E-state index in [4.69, 9.17) is 23.2 Å². The standard InChI is InChI=1S/C12H13Cl2N5O/c13-9-4-3-8(6-10(9)14)18-12(20)15-5-1-2-11-16-7-17-19-11/h3-4,6-7H,1-2,5H2,(H2,15,18,20)(H,16,17,19). The first-order valence-electron chi connectivity index (χ1n) is 5.99. The molecule has 0 atom stereocenters. The highest BCUT2D eigenvalue weighted by Crippen LogP contribution is 2.24. The summed E-state index contributed by atoms with van der Waals surface area (Å²) in [7, 11) is 0. The lowest BCUT2D eigenvalue weighted by atomic mass is 10.3. The zero-order valence-electron chi connectivity index (χ0n) is 10.5. The molecule has 0 aliphatic rings. The van der Waals surface area contributed by atoms with Crippen molar-refractivity contribution in [2.45, 2.75) is 12.8 Å². The zero-order chi connectivity index (χ0) is 14.4. The van der Waals surface area contributed by atoms with Gasteiger partial charge in [-0.2, -0.15) is 5.10 Å². The van der Waals surface area contributed by atoms with Gasteiger partial charge in [-0.25, -0.2) is 9.78 Å². The number of rotatable bonds is 5. The quantitative estimate of drug-likeness (QED) is 0.742. The van der Waals surface area contributed by atoms with Crippen LogP contribution in [0, 0.1) is 0 Å². The second-order valence-corrected chi connectivity index (χ2v) is 4.86. The molecular formula is C12H13Cl2N5O. The lowest BCUT2D eigenvalue weighted by molar-refractivity contribution is 0.252. The van der Waals surface area contributed by atoms with E-state index >= 15 is 0 Å². The van der Waals surface area contributed by atoms with E-state index < -0.39 is 0 Å². The Morgan fingerprint density at radius 1 is 1.30 bits per heavy atom. The Morgan fingerprint density at radius 3 is 2.85 bits per heavy atom. The van der Waals surface area contributed by atoms with Crippen LogP contribution in [0.15, 0.2) is 24.5 Å². The number of hydrogen-bond acceptors (Lipinski definition) is 3. The first-order valence-corrected chi connectivity index (χ1v) is 6.75. The van der Waals surface area contributed by atoms with Crippen LogP contribution in [-0.4, -0.2) is 27.8 Å². The van der Waals surface area contributed by atoms with Gasteiger partial charge in [0.05, 0.1) is 10.0 Å². The molecule has 2 rings (SSSR count). The number of nitrogens with one attached hydrogen (secondary N) is 3. The van der Waals surface area contributed by atoms with Crippen molar-refractivity contribution < 1.29 is 4.79 Å². The summed E-state index contributed by atoms with van der Waals surface area (Å²) < 4.78 is 0. The third kappa shape index (κ3) is 4.40. The van der Waals surface area contributed by atoms with Crippen LogP contribution in [0.4, 0.5) is 10.5 Å². The van der Waals surface area contributed by atoms with E-state index in [0.717, 1.165) is 18.7 Å². The second-order valence-electron chi connectivity index (χ2n) is 4.05. The number of aromatic amines is 1. The van der Waals surface area contributed by atoms with Gasteiger partial charge in [0, 0.05) is 18.7 Å². The number of nitrogens with zero attached hydrogens (tertiary/aromatic N) is 2. The molecule has 8 heteroatoms. The minimum absolute atomic E-state index is 0.291. The molecule has 0 saturated carbocycles. The average molecular weight is 314 g/mol. The molecule has 1 aromatic carbocycles. The van der Waals surface area contributed by atoms with Crippen LogP contribution in [0.25, 0.3) is 0 Å². The van der Waals surface area contributed by atoms with Crippen LogP contribution >= 0.6 is 23.2 Å². The van der Waals surface area contributed by atoms with Gasteiger partial charge in [0.25, 0.3) is 0 Å². The van der Waals surface area contributed by atoms with Crippen molar-refractivity contribution in [3.05, 3.63) is 40.4 Å². The summed E-state index contributed by atoms with van der Waals surface area (Å²) in [6.07, 6.45) is 2.96. The molecule has 0 bridgehead atoms. The number of aromatic nitrogens is 3. The van der Waals surface area contributed by atoms with Crippen LogP contribution in [0.3, 0.4) is 0 Å². The van der Waals surface area contributed by atoms with Gasteiger partial charge in [0.15, 0.2) is 0 Å². The van der Waals surface area contributed by atoms with Crippen molar-refractivity contribution in [2.75, 3.05) is 11.9 Å². The number of carbonyl (C=O) groups is 1. The summed E-state index contributed by atoms with van der Waals surface area (Å²) in [6, 6.07) is 4.62. The molecular weight excluding hydrogens is 301 g/mol. The monoisotopic (exact) mass is 313 g/mol. The molecule has 0 radical (unpaired) electrons. The molecule has 0 aliphatic heterocycles. The minimum atomic E-state index is -0.291. The third-order valence-corrected chi connectivity index (χ3v) is 3.26. The summed E-state index contributed by atoms with van der Waals surface area (Å²) in [6.45, 7) is 0.536. The van der Waals surface area contributed by atoms with Gasteiger partial charge in [0.2, 0.25) is 0 Å². The van der Waals surface area contributed by atoms with E-state index in [1.165, 1.54) is 6.33 Å². The Balaban J connectivity index is 1.71. The Morgan fingerprint density at radius 2 is 2.15 bits per heavy atom. The molecule has 0 aliphatic carbocycles. The van der Waals surface area contributed by atoms with Crippen molar-refractivity contribution in [3.63, 3.8) is 0 Å². The number of carbonyl (C=O) groups excluding carboxylic acids is 1. The fourth-order valence-corrected chi connectivity index (χ4v) is 1.86. The number of H-pyrrole nitrogens is 1. The molecule has 1 heterocycles. The van der Waals surface area contributed by atoms with E-state index in [1.807, 2.05) is 0 Å². The SMILES string of the molecule is O=C(NCCCc1ncn[nH]1)Nc1ccc(Cl)c(Cl)c1. The summed E-state index contributed by atoms with van der Waals surface area (Å²) >= 11 is 11.7. The Bertz CT molecular complexity index is 573. The predicted octanol–water partition coefficient (Wildman–Crippen LogP) is 2.87. The van der Waals surface area contributed by atoms with Crippen LogP contribution in [-0.2, 0) is 6.42 Å². The molecule has 2 aromatic rings. The van der Waals surface area contributed by atoms with E-state index in [-0.39, 0.29) is 6.03 Å². The number of benzene rings is 1. The van der Waals surface area contributed by atoms with Crippen LogP contribution in [0.5, 0.6) is 0 Å². The van der Waals surface area contributed by atoms with Crippen LogP contribution in [0.2, 0.25) is 10.0 Å². The van der Waals surface area contributed by atoms with E-state index in [9.17, 15) is 4.79 Å². The lowest BCUT2D eigenvalue weighted by Crippen LogP contribution is -2.29. The fraction of sp³-hybridized carbons (Fsp3) is 0.250. The summed E-state index contributed by atoms with van der Waals surface area (Å²) in [5.74, 6) is 0.802. The summed E-state index contributed by atoms with van der Waals surface area (Å²) in [5, 5.41) is 12.8. The van der Waals surface area contributed by atoms with Gasteiger partial charge in [-0.1, -0.05) is 23.2 Å². The third-order valence-electron chi connectivity index (χ3n) is 2.52. The van der Waals surface area contributed by atoms with Gasteiger partial charge in [0.1, 0.15) is 12.2 Å². The molecule has 0 unspecified atom stereocenters. The van der Waals surface area contributed by atoms with Crippen molar-refractivity contribution >= 4 is 34.9 Å². The van der Waals surface area contributed by atoms with Crippen LogP contribution < -0.4 is 10.6 Å². The number of amides is 2. The van der Waals surface area contributed by atoms with Crippen molar-refractivity contribution in [2.24, 2.45) is 0 Å². The molecule has 106 valence electrons. The minimum Gasteiger partial charge on any atom is -0.338 e. The van der Waals surface area contributed by atoms with Gasteiger partial charge >= 0.3 is 6.03 Å². The first-order chi connectivity index (χ1) is 9.65. The number of hydrogen-bond donors (Lipinski definition) is 3. The van der Waals surface area contributed by atoms with E-state index in [0.29, 0.717) is 22.3 Å². The number of anilines is 1. The highest BCUT2D eigenvalue weighted by molar-refractivity contribution is 6.42. The Kier molecular flexibility index (Phi) is 5.20. The zero-order valence-corrected chi connectivity index (χ0v) is 12.0. The summed E-state index contributed by atoms with van der Waals surface area (Å²) in [4.78, 5) is 15.6. The van der Waals surface area contributed by atoms with E-state index in [1.54, 1.807) is 18.2 Å². The highest BCUT2D eigenvalue weighted by atomic mass is 35.5. The molecule has 20 heavy (non-hydrogen) atoms. The summed E-state index contributed by atoms with van der Waals surface area (Å²) in [5.41, 5.74) is 0.590. The van der Waals surface area contributed by atoms with Gasteiger partial charge in [-0.15, -0.1) is 0 Å². The van der Waals surface area contributed by atoms with E-state index in [2.05, 4.69) is 25.8 Å². The molecule has 0 fully saturated rings. The topological polar surface area (TPSA) is 82.7 Å². The number of urea groups is 1. The molecule has 1 aromatic heterocycles. The second kappa shape index (κ2) is 7.12. The predicted molar refractivity (Wildman–Crippen MR) is 78.2 cm³/mol. The van der Waals surface area contributed by atoms with Gasteiger partial charge in [-0.05, 0) is 24.6 Å². The molecule has 6 nitrogen and oxygen atoms in total. The average Bonchev–Trinajstić information content (AvgIpc) is 2.92.